The molecular formula is C19H14N4O. The molecule has 3 rings (SSSR count). The van der Waals surface area contributed by atoms with Gasteiger partial charge in [-0.15, -0.1) is 0 Å². The summed E-state index contributed by atoms with van der Waals surface area (Å²) in [7, 11) is 0. The number of anilines is 1. The molecule has 1 heterocycles. The van der Waals surface area contributed by atoms with Crippen molar-refractivity contribution in [1.29, 1.82) is 10.5 Å². The van der Waals surface area contributed by atoms with Crippen LogP contribution >= 0.6 is 0 Å². The maximum Gasteiger partial charge on any atom is 0.142 e. The van der Waals surface area contributed by atoms with E-state index in [1.165, 1.54) is 0 Å². The standard InChI is InChI=1S/C19H14N4O/c1-10-14(7-12-4-3-5-13(24)6-12)17-11(2)16(9-21)19(22)23-18(17)15(10)8-20/h3-7,24H,1-2H3,(H2,22,23). The van der Waals surface area contributed by atoms with E-state index in [2.05, 4.69) is 17.1 Å². The van der Waals surface area contributed by atoms with Crippen molar-refractivity contribution in [1.82, 2.24) is 4.98 Å². The van der Waals surface area contributed by atoms with Crippen molar-refractivity contribution >= 4 is 23.0 Å². The number of benzene rings is 1. The monoisotopic (exact) mass is 314 g/mol. The van der Waals surface area contributed by atoms with Crippen molar-refractivity contribution in [2.24, 2.45) is 0 Å². The van der Waals surface area contributed by atoms with Crippen LogP contribution in [0.1, 0.15) is 34.9 Å². The molecule has 0 unspecified atom stereocenters. The first-order valence-electron chi connectivity index (χ1n) is 7.31. The van der Waals surface area contributed by atoms with E-state index in [4.69, 9.17) is 5.73 Å². The molecule has 0 saturated carbocycles. The number of nitrogens with two attached hydrogens (primary N) is 1. The number of nitriles is 2. The number of fused-ring (bicyclic) bond motifs is 1. The molecule has 3 N–H and O–H groups in total. The predicted octanol–water partition coefficient (Wildman–Crippen LogP) is 3.40. The van der Waals surface area contributed by atoms with Gasteiger partial charge in [-0.3, -0.25) is 0 Å². The van der Waals surface area contributed by atoms with E-state index in [9.17, 15) is 15.6 Å². The van der Waals surface area contributed by atoms with Crippen LogP contribution in [0.5, 0.6) is 5.75 Å². The van der Waals surface area contributed by atoms with Crippen LogP contribution in [0.2, 0.25) is 0 Å². The third-order valence-corrected chi connectivity index (χ3v) is 4.17. The molecule has 0 atom stereocenters. The SMILES string of the molecule is CC1=C(C#N)c2nc(N)c(C#N)c(C)c2C1=Cc1cccc(O)c1. The summed E-state index contributed by atoms with van der Waals surface area (Å²) in [5.41, 5.74) is 11.0. The maximum atomic E-state index is 9.65. The summed E-state index contributed by atoms with van der Waals surface area (Å²) in [6.45, 7) is 3.65. The van der Waals surface area contributed by atoms with Gasteiger partial charge >= 0.3 is 0 Å². The minimum Gasteiger partial charge on any atom is -0.508 e. The number of rotatable bonds is 1. The Bertz CT molecular complexity index is 1020. The zero-order valence-electron chi connectivity index (χ0n) is 13.3. The third-order valence-electron chi connectivity index (χ3n) is 4.17. The van der Waals surface area contributed by atoms with Gasteiger partial charge in [0.1, 0.15) is 23.7 Å². The van der Waals surface area contributed by atoms with E-state index in [1.807, 2.05) is 19.1 Å². The first kappa shape index (κ1) is 15.3. The van der Waals surface area contributed by atoms with E-state index in [-0.39, 0.29) is 11.6 Å². The summed E-state index contributed by atoms with van der Waals surface area (Å²) in [4.78, 5) is 4.28. The van der Waals surface area contributed by atoms with Gasteiger partial charge in [-0.05, 0) is 54.3 Å². The zero-order chi connectivity index (χ0) is 17.4. The van der Waals surface area contributed by atoms with Gasteiger partial charge in [0.25, 0.3) is 0 Å². The average molecular weight is 314 g/mol. The van der Waals surface area contributed by atoms with Crippen LogP contribution in [0, 0.1) is 29.6 Å². The van der Waals surface area contributed by atoms with Crippen molar-refractivity contribution in [2.75, 3.05) is 5.73 Å². The van der Waals surface area contributed by atoms with Gasteiger partial charge in [0.05, 0.1) is 16.8 Å². The van der Waals surface area contributed by atoms with Crippen molar-refractivity contribution in [3.05, 3.63) is 57.8 Å². The predicted molar refractivity (Wildman–Crippen MR) is 92.3 cm³/mol. The molecule has 24 heavy (non-hydrogen) atoms. The molecule has 1 aliphatic carbocycles. The molecule has 5 nitrogen and oxygen atoms in total. The Hall–Kier alpha value is -3.57. The fourth-order valence-electron chi connectivity index (χ4n) is 2.98. The molecule has 0 amide bonds. The lowest BCUT2D eigenvalue weighted by Crippen LogP contribution is -2.03. The number of nitrogen functional groups attached to an aromatic ring is 1. The first-order chi connectivity index (χ1) is 11.5. The Morgan fingerprint density at radius 2 is 1.96 bits per heavy atom. The van der Waals surface area contributed by atoms with Gasteiger partial charge in [-0.1, -0.05) is 12.1 Å². The molecule has 1 aromatic carbocycles. The second-order valence-electron chi connectivity index (χ2n) is 5.60. The lowest BCUT2D eigenvalue weighted by atomic mass is 9.95. The van der Waals surface area contributed by atoms with E-state index in [0.29, 0.717) is 22.4 Å². The molecule has 1 aliphatic rings. The number of hydrogen-bond acceptors (Lipinski definition) is 5. The number of phenolic OH excluding ortho intramolecular Hbond substituents is 1. The highest BCUT2D eigenvalue weighted by molar-refractivity contribution is 6.08. The molecule has 2 aromatic rings. The molecule has 5 heteroatoms. The molecule has 0 fully saturated rings. The highest BCUT2D eigenvalue weighted by Gasteiger charge is 2.29. The number of nitrogens with zero attached hydrogens (tertiary/aromatic N) is 3. The Morgan fingerprint density at radius 1 is 1.21 bits per heavy atom. The van der Waals surface area contributed by atoms with E-state index in [1.54, 1.807) is 25.1 Å². The lowest BCUT2D eigenvalue weighted by molar-refractivity contribution is 0.475. The van der Waals surface area contributed by atoms with E-state index in [0.717, 1.165) is 22.3 Å². The van der Waals surface area contributed by atoms with Gasteiger partial charge in [-0.2, -0.15) is 10.5 Å². The van der Waals surface area contributed by atoms with Crippen LogP contribution in [0.25, 0.3) is 17.2 Å². The Morgan fingerprint density at radius 3 is 2.58 bits per heavy atom. The van der Waals surface area contributed by atoms with Crippen molar-refractivity contribution in [3.8, 4) is 17.9 Å². The quantitative estimate of drug-likeness (QED) is 0.839. The Labute approximate surface area is 139 Å². The number of allylic oxidation sites excluding steroid dienone is 3. The average Bonchev–Trinajstić information content (AvgIpc) is 2.79. The van der Waals surface area contributed by atoms with E-state index < -0.39 is 0 Å². The summed E-state index contributed by atoms with van der Waals surface area (Å²) < 4.78 is 0. The normalized spacial score (nSPS) is 14.4. The third kappa shape index (κ3) is 2.20. The molecule has 1 aromatic heterocycles. The number of pyridine rings is 1. The molecule has 0 bridgehead atoms. The van der Waals surface area contributed by atoms with Gasteiger partial charge in [-0.25, -0.2) is 4.98 Å². The summed E-state index contributed by atoms with van der Waals surface area (Å²) >= 11 is 0. The molecule has 0 radical (unpaired) electrons. The summed E-state index contributed by atoms with van der Waals surface area (Å²) in [5, 5.41) is 28.5. The Kier molecular flexibility index (Phi) is 3.56. The van der Waals surface area contributed by atoms with Crippen LogP contribution in [0.3, 0.4) is 0 Å². The molecule has 116 valence electrons. The topological polar surface area (TPSA) is 107 Å². The van der Waals surface area contributed by atoms with Gasteiger partial charge in [0.15, 0.2) is 0 Å². The van der Waals surface area contributed by atoms with Crippen LogP contribution in [-0.2, 0) is 0 Å². The largest absolute Gasteiger partial charge is 0.508 e. The lowest BCUT2D eigenvalue weighted by Gasteiger charge is -2.11. The summed E-state index contributed by atoms with van der Waals surface area (Å²) in [6.07, 6.45) is 1.88. The van der Waals surface area contributed by atoms with Crippen LogP contribution in [0.15, 0.2) is 29.8 Å². The van der Waals surface area contributed by atoms with Crippen molar-refractivity contribution in [2.45, 2.75) is 13.8 Å². The maximum absolute atomic E-state index is 9.65. The minimum atomic E-state index is 0.132. The second kappa shape index (κ2) is 5.57. The molecular weight excluding hydrogens is 300 g/mol. The Balaban J connectivity index is 2.34. The van der Waals surface area contributed by atoms with Crippen molar-refractivity contribution in [3.63, 3.8) is 0 Å². The summed E-state index contributed by atoms with van der Waals surface area (Å²) in [5.74, 6) is 0.294. The number of hydrogen-bond donors (Lipinski definition) is 2. The molecule has 0 saturated heterocycles. The van der Waals surface area contributed by atoms with Crippen molar-refractivity contribution < 1.29 is 5.11 Å². The summed E-state index contributed by atoms with van der Waals surface area (Å²) in [6, 6.07) is 11.1. The van der Waals surface area contributed by atoms with Gasteiger partial charge < -0.3 is 10.8 Å². The van der Waals surface area contributed by atoms with Gasteiger partial charge in [0.2, 0.25) is 0 Å². The van der Waals surface area contributed by atoms with Gasteiger partial charge in [0, 0.05) is 5.56 Å². The smallest absolute Gasteiger partial charge is 0.142 e. The first-order valence-corrected chi connectivity index (χ1v) is 7.31. The van der Waals surface area contributed by atoms with Crippen LogP contribution in [-0.4, -0.2) is 10.1 Å². The zero-order valence-corrected chi connectivity index (χ0v) is 13.3. The fraction of sp³-hybridized carbons (Fsp3) is 0.105. The fourth-order valence-corrected chi connectivity index (χ4v) is 2.98. The highest BCUT2D eigenvalue weighted by atomic mass is 16.3. The van der Waals surface area contributed by atoms with E-state index >= 15 is 0 Å². The minimum absolute atomic E-state index is 0.132. The molecule has 0 spiro atoms. The molecule has 0 aliphatic heterocycles. The highest BCUT2D eigenvalue weighted by Crippen LogP contribution is 2.44. The number of phenols is 1. The van der Waals surface area contributed by atoms with Crippen LogP contribution < -0.4 is 5.73 Å². The second-order valence-corrected chi connectivity index (χ2v) is 5.60. The number of aromatic hydroxyl groups is 1. The number of aromatic nitrogens is 1. The van der Waals surface area contributed by atoms with Crippen LogP contribution in [0.4, 0.5) is 5.82 Å².